The third kappa shape index (κ3) is 8.42. The Hall–Kier alpha value is -4.37. The van der Waals surface area contributed by atoms with Crippen molar-refractivity contribution in [3.05, 3.63) is 40.9 Å². The fourth-order valence-electron chi connectivity index (χ4n) is 4.39. The Morgan fingerprint density at radius 3 is 2.58 bits per heavy atom. The minimum Gasteiger partial charge on any atom is -0.489 e. The van der Waals surface area contributed by atoms with E-state index in [2.05, 4.69) is 30.0 Å². The molecule has 45 heavy (non-hydrogen) atoms. The number of carboxylic acid groups (broad SMARTS) is 1. The molecule has 0 bridgehead atoms. The molecule has 1 aromatic carbocycles. The number of hydrogen-bond donors (Lipinski definition) is 6. The SMILES string of the molecule is CC1(C)[C@H](NC(=O)/C(=N\O[C@@H](COc2ccc(C(N)=NCC3CCCN3)cc2)C(=O)O)c2csc(N)n2)C(=O)N1OS(=O)(=O)O. The second-order valence-corrected chi connectivity index (χ2v) is 12.4. The van der Waals surface area contributed by atoms with Crippen molar-refractivity contribution in [2.75, 3.05) is 25.4 Å². The predicted octanol–water partition coefficient (Wildman–Crippen LogP) is -0.724. The molecule has 4 rings (SSSR count). The van der Waals surface area contributed by atoms with Crippen molar-refractivity contribution >= 4 is 56.2 Å². The molecule has 3 atom stereocenters. The van der Waals surface area contributed by atoms with E-state index < -0.39 is 58.2 Å². The van der Waals surface area contributed by atoms with E-state index in [0.29, 0.717) is 34.8 Å². The van der Waals surface area contributed by atoms with Crippen molar-refractivity contribution in [3.63, 3.8) is 0 Å². The summed E-state index contributed by atoms with van der Waals surface area (Å²) in [5.41, 5.74) is 10.4. The zero-order chi connectivity index (χ0) is 32.9. The van der Waals surface area contributed by atoms with Crippen LogP contribution in [0.2, 0.25) is 0 Å². The molecule has 244 valence electrons. The molecule has 1 aromatic heterocycles. The number of anilines is 1. The monoisotopic (exact) mass is 668 g/mol. The Bertz CT molecular complexity index is 1590. The van der Waals surface area contributed by atoms with Crippen LogP contribution in [0.5, 0.6) is 5.75 Å². The molecule has 0 radical (unpaired) electrons. The number of hydroxylamine groups is 2. The van der Waals surface area contributed by atoms with Crippen molar-refractivity contribution in [1.29, 1.82) is 0 Å². The summed E-state index contributed by atoms with van der Waals surface area (Å²) in [6.07, 6.45) is 0.453. The molecule has 1 unspecified atom stereocenters. The van der Waals surface area contributed by atoms with Crippen molar-refractivity contribution < 1.29 is 46.3 Å². The molecule has 0 aliphatic carbocycles. The minimum atomic E-state index is -5.01. The van der Waals surface area contributed by atoms with E-state index in [1.165, 1.54) is 19.2 Å². The highest BCUT2D eigenvalue weighted by atomic mass is 32.3. The van der Waals surface area contributed by atoms with E-state index >= 15 is 0 Å². The maximum absolute atomic E-state index is 13.2. The minimum absolute atomic E-state index is 0.0562. The highest BCUT2D eigenvalue weighted by Gasteiger charge is 2.58. The van der Waals surface area contributed by atoms with Gasteiger partial charge >= 0.3 is 16.4 Å². The summed E-state index contributed by atoms with van der Waals surface area (Å²) in [5.74, 6) is -2.82. The number of nitrogens with two attached hydrogens (primary N) is 2. The molecule has 2 amide bonds. The number of aliphatic imine (C=N–C) groups is 1. The first-order valence-corrected chi connectivity index (χ1v) is 15.7. The standard InChI is InChI=1S/C25H32N8O10S2/c1-25(2)19(22(35)33(25)43-45(38,39)40)31-21(34)18(16-12-44-24(27)30-16)32-42-17(23(36)37)11-41-15-7-5-13(6-8-15)20(26)29-10-14-4-3-9-28-14/h5-8,12,14,17,19,28H,3-4,9-11H2,1-2H3,(H2,26,29)(H2,27,30)(H,31,34)(H,36,37)(H,38,39,40)/b32-18-/t14?,17-,19+/m0/s1. The molecule has 2 aromatic rings. The van der Waals surface area contributed by atoms with E-state index in [0.717, 1.165) is 30.7 Å². The van der Waals surface area contributed by atoms with Gasteiger partial charge in [0.1, 0.15) is 29.9 Å². The molecule has 0 spiro atoms. The van der Waals surface area contributed by atoms with Crippen LogP contribution in [0.4, 0.5) is 5.13 Å². The smallest absolute Gasteiger partial charge is 0.418 e. The van der Waals surface area contributed by atoms with E-state index in [4.69, 9.17) is 25.6 Å². The summed E-state index contributed by atoms with van der Waals surface area (Å²) in [5, 5.41) is 20.9. The van der Waals surface area contributed by atoms with Gasteiger partial charge < -0.3 is 36.8 Å². The zero-order valence-electron chi connectivity index (χ0n) is 24.1. The average Bonchev–Trinajstić information content (AvgIpc) is 3.66. The second-order valence-electron chi connectivity index (χ2n) is 10.5. The van der Waals surface area contributed by atoms with Crippen LogP contribution in [-0.2, 0) is 33.9 Å². The summed E-state index contributed by atoms with van der Waals surface area (Å²) in [4.78, 5) is 51.1. The molecule has 0 saturated carbocycles. The van der Waals surface area contributed by atoms with Gasteiger partial charge in [-0.1, -0.05) is 5.16 Å². The van der Waals surface area contributed by atoms with Gasteiger partial charge in [0.05, 0.1) is 12.1 Å². The summed E-state index contributed by atoms with van der Waals surface area (Å²) >= 11 is 0.955. The van der Waals surface area contributed by atoms with Crippen molar-refractivity contribution in [2.45, 2.75) is 50.4 Å². The van der Waals surface area contributed by atoms with Crippen LogP contribution in [0.15, 0.2) is 39.8 Å². The van der Waals surface area contributed by atoms with Gasteiger partial charge in [-0.3, -0.25) is 19.1 Å². The van der Waals surface area contributed by atoms with Crippen molar-refractivity contribution in [1.82, 2.24) is 20.7 Å². The number of aliphatic carboxylic acids is 1. The van der Waals surface area contributed by atoms with Gasteiger partial charge in [-0.15, -0.1) is 15.6 Å². The number of thiazole rings is 1. The predicted molar refractivity (Wildman–Crippen MR) is 160 cm³/mol. The van der Waals surface area contributed by atoms with Gasteiger partial charge in [0.25, 0.3) is 17.9 Å². The molecule has 2 aliphatic rings. The molecule has 3 heterocycles. The third-order valence-electron chi connectivity index (χ3n) is 6.84. The van der Waals surface area contributed by atoms with Gasteiger partial charge in [0.2, 0.25) is 0 Å². The number of nitrogens with zero attached hydrogens (tertiary/aromatic N) is 4. The van der Waals surface area contributed by atoms with Gasteiger partial charge in [-0.05, 0) is 57.5 Å². The first kappa shape index (κ1) is 33.5. The van der Waals surface area contributed by atoms with Crippen molar-refractivity contribution in [3.8, 4) is 5.75 Å². The number of β-lactam (4-membered cyclic amide) rings is 1. The molecule has 2 aliphatic heterocycles. The molecule has 2 fully saturated rings. The number of aromatic nitrogens is 1. The van der Waals surface area contributed by atoms with Gasteiger partial charge in [0.15, 0.2) is 10.8 Å². The Morgan fingerprint density at radius 2 is 2.02 bits per heavy atom. The van der Waals surface area contributed by atoms with Crippen LogP contribution in [-0.4, -0.2) is 101 Å². The van der Waals surface area contributed by atoms with Crippen LogP contribution >= 0.6 is 11.3 Å². The number of hydrogen-bond acceptors (Lipinski definition) is 14. The highest BCUT2D eigenvalue weighted by molar-refractivity contribution is 7.80. The fourth-order valence-corrected chi connectivity index (χ4v) is 5.39. The number of nitrogen functional groups attached to an aromatic ring is 1. The van der Waals surface area contributed by atoms with E-state index in [-0.39, 0.29) is 10.8 Å². The fraction of sp³-hybridized carbons (Fsp3) is 0.440. The van der Waals surface area contributed by atoms with Gasteiger partial charge in [-0.25, -0.2) is 9.78 Å². The number of ether oxygens (including phenoxy) is 1. The number of amides is 2. The first-order valence-electron chi connectivity index (χ1n) is 13.4. The normalized spacial score (nSPS) is 20.8. The summed E-state index contributed by atoms with van der Waals surface area (Å²) in [6.45, 7) is 3.73. The lowest BCUT2D eigenvalue weighted by atomic mass is 9.84. The number of carboxylic acids is 1. The Kier molecular flexibility index (Phi) is 10.2. The quantitative estimate of drug-likeness (QED) is 0.0477. The van der Waals surface area contributed by atoms with E-state index in [1.807, 2.05) is 0 Å². The number of nitrogens with one attached hydrogen (secondary N) is 2. The summed E-state index contributed by atoms with van der Waals surface area (Å²) in [6, 6.07) is 5.48. The molecular weight excluding hydrogens is 636 g/mol. The molecule has 2 saturated heterocycles. The number of oxime groups is 1. The van der Waals surface area contributed by atoms with Crippen LogP contribution in [0.25, 0.3) is 0 Å². The lowest BCUT2D eigenvalue weighted by molar-refractivity contribution is -0.218. The van der Waals surface area contributed by atoms with Crippen LogP contribution in [0.1, 0.15) is 37.9 Å². The Labute approximate surface area is 261 Å². The Balaban J connectivity index is 1.42. The zero-order valence-corrected chi connectivity index (χ0v) is 25.7. The van der Waals surface area contributed by atoms with Gasteiger partial charge in [0, 0.05) is 17.0 Å². The summed E-state index contributed by atoms with van der Waals surface area (Å²) < 4.78 is 40.9. The van der Waals surface area contributed by atoms with Gasteiger partial charge in [-0.2, -0.15) is 13.5 Å². The Morgan fingerprint density at radius 1 is 1.31 bits per heavy atom. The van der Waals surface area contributed by atoms with E-state index in [1.54, 1.807) is 24.3 Å². The first-order chi connectivity index (χ1) is 21.2. The van der Waals surface area contributed by atoms with E-state index in [9.17, 15) is 27.9 Å². The maximum atomic E-state index is 13.2. The number of carbonyl (C=O) groups is 3. The molecule has 8 N–H and O–H groups in total. The largest absolute Gasteiger partial charge is 0.489 e. The number of benzene rings is 1. The molecular formula is C25H32N8O10S2. The van der Waals surface area contributed by atoms with Crippen LogP contribution < -0.4 is 26.8 Å². The lowest BCUT2D eigenvalue weighted by Crippen LogP contribution is -2.76. The highest BCUT2D eigenvalue weighted by Crippen LogP contribution is 2.33. The lowest BCUT2D eigenvalue weighted by Gasteiger charge is -2.50. The third-order valence-corrected chi connectivity index (χ3v) is 7.85. The second kappa shape index (κ2) is 13.7. The average molecular weight is 669 g/mol. The number of carbonyl (C=O) groups excluding carboxylic acids is 2. The molecule has 20 heteroatoms. The van der Waals surface area contributed by atoms with Crippen molar-refractivity contribution in [2.24, 2.45) is 15.9 Å². The maximum Gasteiger partial charge on any atom is 0.418 e. The molecule has 18 nitrogen and oxygen atoms in total. The van der Waals surface area contributed by atoms with Crippen LogP contribution in [0.3, 0.4) is 0 Å². The van der Waals surface area contributed by atoms with Crippen LogP contribution in [0, 0.1) is 0 Å². The number of amidine groups is 1. The summed E-state index contributed by atoms with van der Waals surface area (Å²) in [7, 11) is -5.01. The number of rotatable bonds is 14. The topological polar surface area (TPSA) is 270 Å².